The van der Waals surface area contributed by atoms with E-state index in [1.54, 1.807) is 0 Å². The topological polar surface area (TPSA) is 56.8 Å². The lowest BCUT2D eigenvalue weighted by Crippen LogP contribution is -2.42. The van der Waals surface area contributed by atoms with Crippen LogP contribution in [0, 0.1) is 5.92 Å². The van der Waals surface area contributed by atoms with E-state index in [4.69, 9.17) is 14.2 Å². The molecule has 1 atom stereocenters. The first-order valence-corrected chi connectivity index (χ1v) is 7.90. The lowest BCUT2D eigenvalue weighted by Gasteiger charge is -2.25. The Bertz CT molecular complexity index is 525. The number of ether oxygens (including phenoxy) is 3. The molecule has 0 amide bonds. The van der Waals surface area contributed by atoms with Gasteiger partial charge in [0.25, 0.3) is 0 Å². The van der Waals surface area contributed by atoms with Gasteiger partial charge >= 0.3 is 5.97 Å². The summed E-state index contributed by atoms with van der Waals surface area (Å²) < 4.78 is 16.1. The number of carbonyl (C=O) groups is 1. The minimum atomic E-state index is -0.244. The first-order chi connectivity index (χ1) is 10.8. The Morgan fingerprint density at radius 1 is 1.32 bits per heavy atom. The van der Waals surface area contributed by atoms with Crippen molar-refractivity contribution in [2.45, 2.75) is 31.8 Å². The van der Waals surface area contributed by atoms with E-state index in [1.165, 1.54) is 18.2 Å². The van der Waals surface area contributed by atoms with Crippen LogP contribution in [0.2, 0.25) is 0 Å². The fourth-order valence-electron chi connectivity index (χ4n) is 3.02. The van der Waals surface area contributed by atoms with Crippen LogP contribution in [0.1, 0.15) is 24.0 Å². The van der Waals surface area contributed by atoms with Crippen LogP contribution in [-0.2, 0) is 27.2 Å². The molecule has 0 saturated carbocycles. The van der Waals surface area contributed by atoms with E-state index in [0.29, 0.717) is 18.9 Å². The summed E-state index contributed by atoms with van der Waals surface area (Å²) in [5.41, 5.74) is 2.39. The van der Waals surface area contributed by atoms with Crippen molar-refractivity contribution >= 4 is 5.97 Å². The second-order valence-corrected chi connectivity index (χ2v) is 5.96. The highest BCUT2D eigenvalue weighted by atomic mass is 16.5. The Morgan fingerprint density at radius 3 is 2.91 bits per heavy atom. The molecule has 5 nitrogen and oxygen atoms in total. The first-order valence-electron chi connectivity index (χ1n) is 7.90. The summed E-state index contributed by atoms with van der Waals surface area (Å²) in [6, 6.07) is 5.89. The summed E-state index contributed by atoms with van der Waals surface area (Å²) in [6.07, 6.45) is 2.82. The molecule has 1 N–H and O–H groups in total. The van der Waals surface area contributed by atoms with E-state index in [1.807, 2.05) is 6.07 Å². The number of hydrogen-bond acceptors (Lipinski definition) is 5. The lowest BCUT2D eigenvalue weighted by atomic mass is 9.95. The third kappa shape index (κ3) is 3.59. The molecule has 2 aliphatic heterocycles. The first kappa shape index (κ1) is 15.3. The van der Waals surface area contributed by atoms with Crippen molar-refractivity contribution in [3.05, 3.63) is 29.3 Å². The molecule has 0 aromatic heterocycles. The quantitative estimate of drug-likeness (QED) is 0.858. The minimum Gasteiger partial charge on any atom is -0.493 e. The highest BCUT2D eigenvalue weighted by Gasteiger charge is 2.25. The maximum Gasteiger partial charge on any atom is 0.323 e. The third-order valence-electron chi connectivity index (χ3n) is 4.45. The molecule has 120 valence electrons. The normalized spacial score (nSPS) is 22.0. The molecule has 0 radical (unpaired) electrons. The SMILES string of the molecule is COC(=O)[C@@H]1Cc2ccc(OCC3CCOCC3)cc2CN1. The largest absolute Gasteiger partial charge is 0.493 e. The van der Waals surface area contributed by atoms with Crippen LogP contribution >= 0.6 is 0 Å². The van der Waals surface area contributed by atoms with Crippen molar-refractivity contribution in [3.8, 4) is 5.75 Å². The molecular formula is C17H23NO4. The number of methoxy groups -OCH3 is 1. The van der Waals surface area contributed by atoms with Crippen LogP contribution in [0.4, 0.5) is 0 Å². The van der Waals surface area contributed by atoms with Crippen molar-refractivity contribution in [1.82, 2.24) is 5.32 Å². The smallest absolute Gasteiger partial charge is 0.323 e. The molecule has 0 aliphatic carbocycles. The van der Waals surface area contributed by atoms with Crippen molar-refractivity contribution in [3.63, 3.8) is 0 Å². The van der Waals surface area contributed by atoms with E-state index in [-0.39, 0.29) is 12.0 Å². The van der Waals surface area contributed by atoms with Crippen molar-refractivity contribution in [2.24, 2.45) is 5.92 Å². The zero-order chi connectivity index (χ0) is 15.4. The number of benzene rings is 1. The predicted molar refractivity (Wildman–Crippen MR) is 81.8 cm³/mol. The van der Waals surface area contributed by atoms with Gasteiger partial charge in [-0.3, -0.25) is 4.79 Å². The minimum absolute atomic E-state index is 0.203. The van der Waals surface area contributed by atoms with Crippen molar-refractivity contribution in [1.29, 1.82) is 0 Å². The Kier molecular flexibility index (Phi) is 4.95. The van der Waals surface area contributed by atoms with Crippen LogP contribution in [0.3, 0.4) is 0 Å². The van der Waals surface area contributed by atoms with Gasteiger partial charge in [0.1, 0.15) is 11.8 Å². The van der Waals surface area contributed by atoms with Crippen molar-refractivity contribution in [2.75, 3.05) is 26.9 Å². The van der Waals surface area contributed by atoms with Gasteiger partial charge in [0, 0.05) is 19.8 Å². The second-order valence-electron chi connectivity index (χ2n) is 5.96. The van der Waals surface area contributed by atoms with E-state index in [9.17, 15) is 4.79 Å². The van der Waals surface area contributed by atoms with Gasteiger partial charge < -0.3 is 19.5 Å². The molecule has 0 spiro atoms. The predicted octanol–water partition coefficient (Wildman–Crippen LogP) is 1.68. The lowest BCUT2D eigenvalue weighted by molar-refractivity contribution is -0.143. The van der Waals surface area contributed by atoms with E-state index in [0.717, 1.165) is 38.4 Å². The molecule has 1 aromatic rings. The van der Waals surface area contributed by atoms with Gasteiger partial charge in [-0.15, -0.1) is 0 Å². The van der Waals surface area contributed by atoms with Gasteiger partial charge in [-0.25, -0.2) is 0 Å². The third-order valence-corrected chi connectivity index (χ3v) is 4.45. The fourth-order valence-corrected chi connectivity index (χ4v) is 3.02. The number of esters is 1. The summed E-state index contributed by atoms with van der Waals surface area (Å²) >= 11 is 0. The molecular weight excluding hydrogens is 282 g/mol. The summed E-state index contributed by atoms with van der Waals surface area (Å²) in [4.78, 5) is 11.6. The number of rotatable bonds is 4. The summed E-state index contributed by atoms with van der Waals surface area (Å²) in [7, 11) is 1.42. The van der Waals surface area contributed by atoms with Gasteiger partial charge in [0.05, 0.1) is 13.7 Å². The molecule has 3 rings (SSSR count). The average Bonchev–Trinajstić information content (AvgIpc) is 2.59. The van der Waals surface area contributed by atoms with E-state index < -0.39 is 0 Å². The number of carbonyl (C=O) groups excluding carboxylic acids is 1. The van der Waals surface area contributed by atoms with Crippen LogP contribution < -0.4 is 10.1 Å². The summed E-state index contributed by atoms with van der Waals surface area (Å²) in [5, 5.41) is 3.21. The molecule has 1 aromatic carbocycles. The van der Waals surface area contributed by atoms with Crippen molar-refractivity contribution < 1.29 is 19.0 Å². The zero-order valence-electron chi connectivity index (χ0n) is 13.0. The Labute approximate surface area is 130 Å². The number of fused-ring (bicyclic) bond motifs is 1. The second kappa shape index (κ2) is 7.11. The summed E-state index contributed by atoms with van der Waals surface area (Å²) in [5.74, 6) is 1.29. The number of nitrogens with one attached hydrogen (secondary N) is 1. The van der Waals surface area contributed by atoms with Gasteiger partial charge in [-0.05, 0) is 48.4 Å². The van der Waals surface area contributed by atoms with Gasteiger partial charge in [0.2, 0.25) is 0 Å². The fraction of sp³-hybridized carbons (Fsp3) is 0.588. The molecule has 22 heavy (non-hydrogen) atoms. The van der Waals surface area contributed by atoms with Gasteiger partial charge in [-0.1, -0.05) is 6.07 Å². The van der Waals surface area contributed by atoms with Gasteiger partial charge in [0.15, 0.2) is 0 Å². The average molecular weight is 305 g/mol. The van der Waals surface area contributed by atoms with E-state index >= 15 is 0 Å². The highest BCUT2D eigenvalue weighted by Crippen LogP contribution is 2.24. The molecule has 5 heteroatoms. The molecule has 1 saturated heterocycles. The molecule has 1 fully saturated rings. The van der Waals surface area contributed by atoms with Crippen LogP contribution in [0.5, 0.6) is 5.75 Å². The maximum absolute atomic E-state index is 11.6. The molecule has 0 bridgehead atoms. The van der Waals surface area contributed by atoms with Crippen LogP contribution in [0.25, 0.3) is 0 Å². The molecule has 2 aliphatic rings. The van der Waals surface area contributed by atoms with Gasteiger partial charge in [-0.2, -0.15) is 0 Å². The molecule has 0 unspecified atom stereocenters. The van der Waals surface area contributed by atoms with E-state index in [2.05, 4.69) is 17.4 Å². The summed E-state index contributed by atoms with van der Waals surface area (Å²) in [6.45, 7) is 3.11. The Hall–Kier alpha value is -1.59. The Balaban J connectivity index is 1.58. The molecule has 2 heterocycles. The standard InChI is InChI=1S/C17H23NO4/c1-20-17(19)16-9-13-2-3-15(8-14(13)10-18-16)22-11-12-4-6-21-7-5-12/h2-3,8,12,16,18H,4-7,9-11H2,1H3/t16-/m0/s1. The zero-order valence-corrected chi connectivity index (χ0v) is 13.0. The Morgan fingerprint density at radius 2 is 2.14 bits per heavy atom. The number of hydrogen-bond donors (Lipinski definition) is 1. The van der Waals surface area contributed by atoms with Crippen LogP contribution in [0.15, 0.2) is 18.2 Å². The monoisotopic (exact) mass is 305 g/mol. The maximum atomic E-state index is 11.6. The highest BCUT2D eigenvalue weighted by molar-refractivity contribution is 5.76. The van der Waals surface area contributed by atoms with Crippen LogP contribution in [-0.4, -0.2) is 38.9 Å².